The van der Waals surface area contributed by atoms with Gasteiger partial charge in [0.15, 0.2) is 11.5 Å². The molecule has 1 aromatic carbocycles. The number of benzene rings is 1. The molecule has 1 atom stereocenters. The van der Waals surface area contributed by atoms with E-state index in [0.29, 0.717) is 12.8 Å². The molecule has 1 N–H and O–H groups in total. The highest BCUT2D eigenvalue weighted by Gasteiger charge is 2.38. The van der Waals surface area contributed by atoms with Gasteiger partial charge in [-0.15, -0.1) is 0 Å². The first-order chi connectivity index (χ1) is 12.3. The van der Waals surface area contributed by atoms with Crippen molar-refractivity contribution in [3.05, 3.63) is 23.8 Å². The van der Waals surface area contributed by atoms with Crippen LogP contribution in [0.25, 0.3) is 0 Å². The first kappa shape index (κ1) is 15.9. The number of fused-ring (bicyclic) bond motifs is 1. The van der Waals surface area contributed by atoms with Gasteiger partial charge in [0.1, 0.15) is 0 Å². The third kappa shape index (κ3) is 3.14. The smallest absolute Gasteiger partial charge is 0.231 e. The summed E-state index contributed by atoms with van der Waals surface area (Å²) in [5, 5.41) is 3.90. The van der Waals surface area contributed by atoms with Crippen molar-refractivity contribution in [1.29, 1.82) is 0 Å². The Hall–Kier alpha value is -1.30. The van der Waals surface area contributed by atoms with Crippen LogP contribution < -0.4 is 14.8 Å². The number of rotatable bonds is 5. The van der Waals surface area contributed by atoms with Crippen LogP contribution in [0.15, 0.2) is 18.2 Å². The fourth-order valence-corrected chi connectivity index (χ4v) is 4.62. The molecule has 3 aliphatic heterocycles. The van der Waals surface area contributed by atoms with Crippen molar-refractivity contribution in [2.75, 3.05) is 39.6 Å². The zero-order valence-electron chi connectivity index (χ0n) is 14.8. The van der Waals surface area contributed by atoms with Gasteiger partial charge in [0.05, 0.1) is 0 Å². The maximum absolute atomic E-state index is 5.68. The number of likely N-dealkylation sites (tertiary alicyclic amines) is 1. The minimum absolute atomic E-state index is 0.145. The van der Waals surface area contributed by atoms with E-state index in [9.17, 15) is 0 Å². The Morgan fingerprint density at radius 3 is 2.76 bits per heavy atom. The summed E-state index contributed by atoms with van der Waals surface area (Å²) in [5.74, 6) is 1.76. The lowest BCUT2D eigenvalue weighted by molar-refractivity contribution is 0.0488. The molecule has 0 unspecified atom stereocenters. The number of nitrogens with zero attached hydrogens (tertiary/aromatic N) is 1. The highest BCUT2D eigenvalue weighted by Crippen LogP contribution is 2.40. The van der Waals surface area contributed by atoms with Gasteiger partial charge < -0.3 is 19.5 Å². The summed E-state index contributed by atoms with van der Waals surface area (Å²) in [6, 6.07) is 8.01. The molecular weight excluding hydrogens is 316 g/mol. The SMILES string of the molecule is c1cc2c(cc1C1(CN[C@H]3CCN(C4CC4)C3)CCOCC1)OCO2. The molecule has 0 spiro atoms. The molecule has 4 aliphatic rings. The molecule has 0 amide bonds. The summed E-state index contributed by atoms with van der Waals surface area (Å²) in [7, 11) is 0. The van der Waals surface area contributed by atoms with E-state index in [1.165, 1.54) is 37.9 Å². The van der Waals surface area contributed by atoms with Crippen molar-refractivity contribution in [3.8, 4) is 11.5 Å². The van der Waals surface area contributed by atoms with Crippen LogP contribution in [-0.2, 0) is 10.2 Å². The number of hydrogen-bond acceptors (Lipinski definition) is 5. The maximum atomic E-state index is 5.68. The van der Waals surface area contributed by atoms with Crippen molar-refractivity contribution >= 4 is 0 Å². The molecule has 0 radical (unpaired) electrons. The molecule has 0 aromatic heterocycles. The molecular formula is C20H28N2O3. The zero-order chi connectivity index (χ0) is 16.7. The molecule has 1 aromatic rings. The Morgan fingerprint density at radius 2 is 1.92 bits per heavy atom. The van der Waals surface area contributed by atoms with Gasteiger partial charge in [-0.1, -0.05) is 6.07 Å². The van der Waals surface area contributed by atoms with Gasteiger partial charge in [-0.3, -0.25) is 4.90 Å². The Labute approximate surface area is 149 Å². The molecule has 3 heterocycles. The third-order valence-corrected chi connectivity index (χ3v) is 6.45. The molecule has 5 heteroatoms. The second-order valence-corrected chi connectivity index (χ2v) is 8.05. The van der Waals surface area contributed by atoms with Crippen LogP contribution in [0.3, 0.4) is 0 Å². The lowest BCUT2D eigenvalue weighted by Crippen LogP contribution is -2.46. The van der Waals surface area contributed by atoms with Crippen molar-refractivity contribution in [3.63, 3.8) is 0 Å². The van der Waals surface area contributed by atoms with E-state index in [0.717, 1.165) is 50.1 Å². The summed E-state index contributed by atoms with van der Waals surface area (Å²) in [6.45, 7) is 5.54. The van der Waals surface area contributed by atoms with Crippen LogP contribution >= 0.6 is 0 Å². The summed E-state index contributed by atoms with van der Waals surface area (Å²) in [4.78, 5) is 2.68. The van der Waals surface area contributed by atoms with E-state index in [2.05, 4.69) is 28.4 Å². The summed E-state index contributed by atoms with van der Waals surface area (Å²) >= 11 is 0. The molecule has 0 bridgehead atoms. The fourth-order valence-electron chi connectivity index (χ4n) is 4.62. The standard InChI is InChI=1S/C20H28N2O3/c1-4-18-19(25-14-24-18)11-15(1)20(6-9-23-10-7-20)13-21-16-5-8-22(12-16)17-2-3-17/h1,4,11,16-17,21H,2-3,5-10,12-14H2/t16-/m0/s1. The average Bonchev–Trinajstić information content (AvgIpc) is 3.21. The van der Waals surface area contributed by atoms with Gasteiger partial charge >= 0.3 is 0 Å². The van der Waals surface area contributed by atoms with Crippen LogP contribution in [-0.4, -0.2) is 56.6 Å². The zero-order valence-corrected chi connectivity index (χ0v) is 14.8. The molecule has 5 rings (SSSR count). The van der Waals surface area contributed by atoms with E-state index in [1.807, 2.05) is 0 Å². The Balaban J connectivity index is 1.31. The normalized spacial score (nSPS) is 28.4. The monoisotopic (exact) mass is 344 g/mol. The lowest BCUT2D eigenvalue weighted by Gasteiger charge is -2.39. The van der Waals surface area contributed by atoms with E-state index in [-0.39, 0.29) is 5.41 Å². The molecule has 3 fully saturated rings. The Kier molecular flexibility index (Phi) is 4.11. The molecule has 25 heavy (non-hydrogen) atoms. The van der Waals surface area contributed by atoms with E-state index in [1.54, 1.807) is 0 Å². The first-order valence-corrected chi connectivity index (χ1v) is 9.78. The van der Waals surface area contributed by atoms with Gasteiger partial charge in [0.2, 0.25) is 6.79 Å². The summed E-state index contributed by atoms with van der Waals surface area (Å²) in [5.41, 5.74) is 1.51. The van der Waals surface area contributed by atoms with E-state index in [4.69, 9.17) is 14.2 Å². The third-order valence-electron chi connectivity index (χ3n) is 6.45. The van der Waals surface area contributed by atoms with Gasteiger partial charge in [-0.05, 0) is 49.8 Å². The van der Waals surface area contributed by atoms with Crippen LogP contribution in [0, 0.1) is 0 Å². The predicted molar refractivity (Wildman–Crippen MR) is 95.3 cm³/mol. The molecule has 2 saturated heterocycles. The average molecular weight is 344 g/mol. The van der Waals surface area contributed by atoms with Crippen molar-refractivity contribution in [1.82, 2.24) is 10.2 Å². The van der Waals surface area contributed by atoms with Gasteiger partial charge in [0, 0.05) is 50.3 Å². The summed E-state index contributed by atoms with van der Waals surface area (Å²) in [6.07, 6.45) is 6.23. The number of nitrogens with one attached hydrogen (secondary N) is 1. The second-order valence-electron chi connectivity index (χ2n) is 8.05. The Bertz CT molecular complexity index is 625. The largest absolute Gasteiger partial charge is 0.454 e. The van der Waals surface area contributed by atoms with Crippen molar-refractivity contribution in [2.24, 2.45) is 0 Å². The summed E-state index contributed by atoms with van der Waals surface area (Å²) < 4.78 is 16.8. The van der Waals surface area contributed by atoms with Gasteiger partial charge in [-0.25, -0.2) is 0 Å². The van der Waals surface area contributed by atoms with Gasteiger partial charge in [0.25, 0.3) is 0 Å². The van der Waals surface area contributed by atoms with Crippen LogP contribution in [0.5, 0.6) is 11.5 Å². The molecule has 1 saturated carbocycles. The van der Waals surface area contributed by atoms with E-state index < -0.39 is 0 Å². The molecule has 136 valence electrons. The fraction of sp³-hybridized carbons (Fsp3) is 0.700. The molecule has 5 nitrogen and oxygen atoms in total. The van der Waals surface area contributed by atoms with Crippen LogP contribution in [0.4, 0.5) is 0 Å². The predicted octanol–water partition coefficient (Wildman–Crippen LogP) is 2.29. The number of hydrogen-bond donors (Lipinski definition) is 1. The second kappa shape index (κ2) is 6.45. The highest BCUT2D eigenvalue weighted by atomic mass is 16.7. The number of ether oxygens (including phenoxy) is 3. The van der Waals surface area contributed by atoms with Crippen molar-refractivity contribution in [2.45, 2.75) is 49.6 Å². The molecule has 1 aliphatic carbocycles. The van der Waals surface area contributed by atoms with E-state index >= 15 is 0 Å². The topological polar surface area (TPSA) is 43.0 Å². The highest BCUT2D eigenvalue weighted by molar-refractivity contribution is 5.47. The first-order valence-electron chi connectivity index (χ1n) is 9.78. The minimum Gasteiger partial charge on any atom is -0.454 e. The maximum Gasteiger partial charge on any atom is 0.231 e. The van der Waals surface area contributed by atoms with Crippen LogP contribution in [0.1, 0.15) is 37.7 Å². The quantitative estimate of drug-likeness (QED) is 0.888. The minimum atomic E-state index is 0.145. The van der Waals surface area contributed by atoms with Crippen LogP contribution in [0.2, 0.25) is 0 Å². The lowest BCUT2D eigenvalue weighted by atomic mass is 9.74. The van der Waals surface area contributed by atoms with Crippen molar-refractivity contribution < 1.29 is 14.2 Å². The Morgan fingerprint density at radius 1 is 1.08 bits per heavy atom. The van der Waals surface area contributed by atoms with Gasteiger partial charge in [-0.2, -0.15) is 0 Å².